The Bertz CT molecular complexity index is 1230. The number of aliphatic hydroxyl groups excluding tert-OH is 1. The van der Waals surface area contributed by atoms with E-state index in [0.717, 1.165) is 23.9 Å². The maximum absolute atomic E-state index is 14.6. The number of thioether (sulfide) groups is 1. The molecule has 0 aliphatic carbocycles. The number of methoxy groups -OCH3 is 1. The van der Waals surface area contributed by atoms with Crippen LogP contribution in [-0.2, 0) is 10.9 Å². The van der Waals surface area contributed by atoms with E-state index in [1.54, 1.807) is 0 Å². The van der Waals surface area contributed by atoms with Crippen molar-refractivity contribution >= 4 is 22.7 Å². The maximum Gasteiger partial charge on any atom is 0.417 e. The van der Waals surface area contributed by atoms with Crippen LogP contribution in [0.4, 0.5) is 22.0 Å². The van der Waals surface area contributed by atoms with Crippen molar-refractivity contribution in [2.24, 2.45) is 0 Å². The highest BCUT2D eigenvalue weighted by Gasteiger charge is 2.37. The SMILES string of the molecule is CO[C@@H](CO)CSc1c(-c2ccc(F)cc2F)c(C(F)(F)F)cc2c(=O)[nH]c(=O)[nH]c12. The van der Waals surface area contributed by atoms with Crippen LogP contribution in [0, 0.1) is 11.6 Å². The molecule has 166 valence electrons. The van der Waals surface area contributed by atoms with Gasteiger partial charge in [0, 0.05) is 35.0 Å². The van der Waals surface area contributed by atoms with E-state index in [1.165, 1.54) is 7.11 Å². The Morgan fingerprint density at radius 3 is 2.45 bits per heavy atom. The maximum atomic E-state index is 14.6. The lowest BCUT2D eigenvalue weighted by Crippen LogP contribution is -2.24. The molecular weight excluding hydrogens is 447 g/mol. The van der Waals surface area contributed by atoms with E-state index in [2.05, 4.69) is 4.98 Å². The normalized spacial score (nSPS) is 13.0. The summed E-state index contributed by atoms with van der Waals surface area (Å²) in [5.74, 6) is -2.34. The summed E-state index contributed by atoms with van der Waals surface area (Å²) >= 11 is 0.721. The van der Waals surface area contributed by atoms with E-state index < -0.39 is 63.8 Å². The molecule has 12 heteroatoms. The van der Waals surface area contributed by atoms with Crippen LogP contribution in [0.15, 0.2) is 38.8 Å². The van der Waals surface area contributed by atoms with Crippen LogP contribution in [0.5, 0.6) is 0 Å². The summed E-state index contributed by atoms with van der Waals surface area (Å²) in [6.07, 6.45) is -5.81. The molecule has 0 bridgehead atoms. The van der Waals surface area contributed by atoms with E-state index >= 15 is 0 Å². The van der Waals surface area contributed by atoms with Crippen molar-refractivity contribution in [3.8, 4) is 11.1 Å². The Labute approximate surface area is 175 Å². The molecule has 0 aliphatic rings. The number of ether oxygens (including phenoxy) is 1. The van der Waals surface area contributed by atoms with Crippen LogP contribution in [0.25, 0.3) is 22.0 Å². The zero-order valence-electron chi connectivity index (χ0n) is 15.8. The number of fused-ring (bicyclic) bond motifs is 1. The van der Waals surface area contributed by atoms with Crippen LogP contribution >= 0.6 is 11.8 Å². The number of aromatic nitrogens is 2. The Morgan fingerprint density at radius 2 is 1.87 bits per heavy atom. The topological polar surface area (TPSA) is 95.2 Å². The van der Waals surface area contributed by atoms with Crippen LogP contribution < -0.4 is 11.2 Å². The monoisotopic (exact) mass is 462 g/mol. The van der Waals surface area contributed by atoms with Gasteiger partial charge >= 0.3 is 11.9 Å². The minimum Gasteiger partial charge on any atom is -0.394 e. The van der Waals surface area contributed by atoms with Gasteiger partial charge in [-0.3, -0.25) is 9.78 Å². The van der Waals surface area contributed by atoms with Crippen molar-refractivity contribution in [3.05, 3.63) is 62.3 Å². The molecule has 0 saturated heterocycles. The first-order valence-electron chi connectivity index (χ1n) is 8.69. The average molecular weight is 462 g/mol. The summed E-state index contributed by atoms with van der Waals surface area (Å²) in [7, 11) is 1.28. The lowest BCUT2D eigenvalue weighted by Gasteiger charge is -2.20. The highest BCUT2D eigenvalue weighted by atomic mass is 32.2. The summed E-state index contributed by atoms with van der Waals surface area (Å²) in [6.45, 7) is -0.461. The quantitative estimate of drug-likeness (QED) is 0.386. The third-order valence-corrected chi connectivity index (χ3v) is 5.68. The molecule has 31 heavy (non-hydrogen) atoms. The predicted octanol–water partition coefficient (Wildman–Crippen LogP) is 3.28. The first-order chi connectivity index (χ1) is 14.6. The second kappa shape index (κ2) is 8.81. The van der Waals surface area contributed by atoms with E-state index in [9.17, 15) is 36.6 Å². The second-order valence-corrected chi connectivity index (χ2v) is 7.46. The largest absolute Gasteiger partial charge is 0.417 e. The molecule has 1 heterocycles. The van der Waals surface area contributed by atoms with Gasteiger partial charge in [-0.2, -0.15) is 13.2 Å². The minimum absolute atomic E-state index is 0.0892. The van der Waals surface area contributed by atoms with Crippen molar-refractivity contribution < 1.29 is 31.8 Å². The molecule has 3 aromatic rings. The van der Waals surface area contributed by atoms with E-state index in [0.29, 0.717) is 12.1 Å². The molecule has 6 nitrogen and oxygen atoms in total. The Morgan fingerprint density at radius 1 is 1.16 bits per heavy atom. The molecule has 3 rings (SSSR count). The number of hydrogen-bond acceptors (Lipinski definition) is 5. The fourth-order valence-electron chi connectivity index (χ4n) is 2.98. The van der Waals surface area contributed by atoms with Gasteiger partial charge in [-0.05, 0) is 18.2 Å². The lowest BCUT2D eigenvalue weighted by atomic mass is 9.96. The zero-order chi connectivity index (χ0) is 22.9. The molecule has 0 radical (unpaired) electrons. The number of benzene rings is 2. The lowest BCUT2D eigenvalue weighted by molar-refractivity contribution is -0.137. The number of hydrogen-bond donors (Lipinski definition) is 3. The molecule has 0 spiro atoms. The van der Waals surface area contributed by atoms with Crippen molar-refractivity contribution in [3.63, 3.8) is 0 Å². The van der Waals surface area contributed by atoms with E-state index in [-0.39, 0.29) is 16.2 Å². The summed E-state index contributed by atoms with van der Waals surface area (Å²) < 4.78 is 74.8. The van der Waals surface area contributed by atoms with Gasteiger partial charge in [0.05, 0.1) is 29.2 Å². The predicted molar refractivity (Wildman–Crippen MR) is 104 cm³/mol. The van der Waals surface area contributed by atoms with Crippen molar-refractivity contribution in [1.29, 1.82) is 0 Å². The molecule has 0 aliphatic heterocycles. The smallest absolute Gasteiger partial charge is 0.394 e. The Balaban J connectivity index is 2.45. The molecule has 1 atom stereocenters. The molecule has 0 fully saturated rings. The number of aliphatic hydroxyl groups is 1. The van der Waals surface area contributed by atoms with Gasteiger partial charge in [0.15, 0.2) is 0 Å². The third-order valence-electron chi connectivity index (χ3n) is 4.45. The number of aromatic amines is 2. The van der Waals surface area contributed by atoms with Crippen molar-refractivity contribution in [1.82, 2.24) is 9.97 Å². The van der Waals surface area contributed by atoms with Gasteiger partial charge in [0.2, 0.25) is 0 Å². The molecule has 0 saturated carbocycles. The minimum atomic E-state index is -5.01. The van der Waals surface area contributed by atoms with Crippen LogP contribution in [0.1, 0.15) is 5.56 Å². The number of halogens is 5. The van der Waals surface area contributed by atoms with E-state index in [1.807, 2.05) is 4.98 Å². The fraction of sp³-hybridized carbons (Fsp3) is 0.263. The molecule has 0 unspecified atom stereocenters. The Hall–Kier alpha value is -2.70. The number of alkyl halides is 3. The van der Waals surface area contributed by atoms with Gasteiger partial charge < -0.3 is 14.8 Å². The van der Waals surface area contributed by atoms with Gasteiger partial charge in [-0.1, -0.05) is 0 Å². The fourth-order valence-corrected chi connectivity index (χ4v) is 4.24. The number of rotatable bonds is 6. The standard InChI is InChI=1S/C19H15F5N2O4S/c1-30-9(6-27)7-31-16-14(10-3-2-8(20)4-13(10)21)12(19(22,23)24)5-11-15(16)25-18(29)26-17(11)28/h2-5,9,27H,6-7H2,1H3,(H2,25,26,28,29)/t9-/m0/s1. The molecule has 2 aromatic carbocycles. The Kier molecular flexibility index (Phi) is 6.53. The van der Waals surface area contributed by atoms with Gasteiger partial charge in [0.25, 0.3) is 5.56 Å². The third kappa shape index (κ3) is 4.65. The molecular formula is C19H15F5N2O4S. The van der Waals surface area contributed by atoms with Gasteiger partial charge in [-0.15, -0.1) is 11.8 Å². The summed E-state index contributed by atoms with van der Waals surface area (Å²) in [4.78, 5) is 27.9. The van der Waals surface area contributed by atoms with Crippen molar-refractivity contribution in [2.75, 3.05) is 19.5 Å². The molecule has 3 N–H and O–H groups in total. The first kappa shape index (κ1) is 23.0. The first-order valence-corrected chi connectivity index (χ1v) is 9.67. The van der Waals surface area contributed by atoms with Crippen LogP contribution in [0.3, 0.4) is 0 Å². The average Bonchev–Trinajstić information content (AvgIpc) is 2.68. The summed E-state index contributed by atoms with van der Waals surface area (Å²) in [5.41, 5.74) is -4.88. The number of H-pyrrole nitrogens is 2. The van der Waals surface area contributed by atoms with Gasteiger partial charge in [0.1, 0.15) is 11.6 Å². The molecule has 1 aromatic heterocycles. The summed E-state index contributed by atoms with van der Waals surface area (Å²) in [5, 5.41) is 8.84. The highest BCUT2D eigenvalue weighted by Crippen LogP contribution is 2.45. The summed E-state index contributed by atoms with van der Waals surface area (Å²) in [6, 6.07) is 2.58. The zero-order valence-corrected chi connectivity index (χ0v) is 16.6. The van der Waals surface area contributed by atoms with Crippen LogP contribution in [-0.4, -0.2) is 40.6 Å². The van der Waals surface area contributed by atoms with Crippen LogP contribution in [0.2, 0.25) is 0 Å². The van der Waals surface area contributed by atoms with Gasteiger partial charge in [-0.25, -0.2) is 13.6 Å². The highest BCUT2D eigenvalue weighted by molar-refractivity contribution is 7.99. The number of nitrogens with one attached hydrogen (secondary N) is 2. The van der Waals surface area contributed by atoms with E-state index in [4.69, 9.17) is 4.74 Å². The second-order valence-electron chi connectivity index (χ2n) is 6.43. The van der Waals surface area contributed by atoms with Crippen molar-refractivity contribution in [2.45, 2.75) is 17.2 Å². The molecule has 0 amide bonds.